The van der Waals surface area contributed by atoms with E-state index in [4.69, 9.17) is 4.42 Å². The molecule has 2 aromatic heterocycles. The van der Waals surface area contributed by atoms with Crippen LogP contribution in [0, 0.1) is 11.6 Å². The molecule has 0 spiro atoms. The molecule has 0 amide bonds. The third-order valence-electron chi connectivity index (χ3n) is 4.49. The normalized spacial score (nSPS) is 12.1. The molecule has 0 fully saturated rings. The van der Waals surface area contributed by atoms with Crippen LogP contribution in [0.5, 0.6) is 0 Å². The third kappa shape index (κ3) is 4.18. The van der Waals surface area contributed by atoms with Crippen LogP contribution in [0.1, 0.15) is 22.8 Å². The molecular formula is C22H17F2N3O2S. The summed E-state index contributed by atoms with van der Waals surface area (Å²) in [5, 5.41) is 8.30. The fourth-order valence-corrected chi connectivity index (χ4v) is 3.91. The highest BCUT2D eigenvalue weighted by Gasteiger charge is 2.24. The minimum Gasteiger partial charge on any atom is -0.461 e. The molecule has 4 rings (SSSR count). The van der Waals surface area contributed by atoms with E-state index in [-0.39, 0.29) is 5.56 Å². The number of aromatic nitrogens is 3. The quantitative estimate of drug-likeness (QED) is 0.300. The highest BCUT2D eigenvalue weighted by molar-refractivity contribution is 8.00. The first-order chi connectivity index (χ1) is 14.5. The molecule has 0 aliphatic carbocycles. The summed E-state index contributed by atoms with van der Waals surface area (Å²) in [6.45, 7) is 2.13. The molecule has 0 saturated heterocycles. The first-order valence-electron chi connectivity index (χ1n) is 9.20. The molecule has 1 atom stereocenters. The van der Waals surface area contributed by atoms with Gasteiger partial charge in [0, 0.05) is 6.07 Å². The molecule has 0 bridgehead atoms. The van der Waals surface area contributed by atoms with E-state index in [2.05, 4.69) is 10.2 Å². The largest absolute Gasteiger partial charge is 0.461 e. The van der Waals surface area contributed by atoms with Gasteiger partial charge in [-0.3, -0.25) is 9.36 Å². The van der Waals surface area contributed by atoms with Crippen molar-refractivity contribution in [3.63, 3.8) is 0 Å². The van der Waals surface area contributed by atoms with Crippen LogP contribution >= 0.6 is 11.8 Å². The molecule has 0 saturated carbocycles. The molecule has 0 radical (unpaired) electrons. The van der Waals surface area contributed by atoms with Gasteiger partial charge < -0.3 is 4.42 Å². The Labute approximate surface area is 175 Å². The predicted molar refractivity (Wildman–Crippen MR) is 109 cm³/mol. The van der Waals surface area contributed by atoms with Crippen molar-refractivity contribution >= 4 is 17.5 Å². The van der Waals surface area contributed by atoms with Gasteiger partial charge in [-0.05, 0) is 36.8 Å². The zero-order valence-electron chi connectivity index (χ0n) is 16.0. The number of ketones is 1. The number of benzene rings is 2. The molecule has 0 N–H and O–H groups in total. The topological polar surface area (TPSA) is 60.9 Å². The molecule has 2 heterocycles. The second kappa shape index (κ2) is 8.62. The Balaban J connectivity index is 1.64. The van der Waals surface area contributed by atoms with Crippen molar-refractivity contribution < 1.29 is 18.0 Å². The van der Waals surface area contributed by atoms with Crippen molar-refractivity contribution in [3.8, 4) is 11.6 Å². The predicted octanol–water partition coefficient (Wildman–Crippen LogP) is 5.23. The van der Waals surface area contributed by atoms with E-state index in [1.807, 2.05) is 34.9 Å². The van der Waals surface area contributed by atoms with Crippen LogP contribution < -0.4 is 0 Å². The molecule has 2 aromatic carbocycles. The van der Waals surface area contributed by atoms with Crippen molar-refractivity contribution in [2.75, 3.05) is 0 Å². The van der Waals surface area contributed by atoms with Gasteiger partial charge in [-0.2, -0.15) is 0 Å². The molecule has 4 aromatic rings. The van der Waals surface area contributed by atoms with E-state index < -0.39 is 22.7 Å². The molecule has 0 aliphatic heterocycles. The summed E-state index contributed by atoms with van der Waals surface area (Å²) in [4.78, 5) is 12.7. The van der Waals surface area contributed by atoms with Gasteiger partial charge in [0.25, 0.3) is 0 Å². The van der Waals surface area contributed by atoms with Gasteiger partial charge in [0.1, 0.15) is 11.6 Å². The summed E-state index contributed by atoms with van der Waals surface area (Å²) in [6.07, 6.45) is 1.55. The number of rotatable bonds is 7. The number of hydrogen-bond acceptors (Lipinski definition) is 5. The maximum Gasteiger partial charge on any atom is 0.200 e. The summed E-state index contributed by atoms with van der Waals surface area (Å²) < 4.78 is 34.5. The third-order valence-corrected chi connectivity index (χ3v) is 5.57. The lowest BCUT2D eigenvalue weighted by Gasteiger charge is -2.13. The Morgan fingerprint density at radius 3 is 2.60 bits per heavy atom. The molecule has 1 unspecified atom stereocenters. The lowest BCUT2D eigenvalue weighted by Crippen LogP contribution is -2.16. The first kappa shape index (κ1) is 20.0. The van der Waals surface area contributed by atoms with Crippen LogP contribution in [0.3, 0.4) is 0 Å². The zero-order chi connectivity index (χ0) is 21.1. The minimum atomic E-state index is -0.880. The van der Waals surface area contributed by atoms with Crippen LogP contribution in [-0.2, 0) is 6.54 Å². The fourth-order valence-electron chi connectivity index (χ4n) is 2.99. The van der Waals surface area contributed by atoms with Gasteiger partial charge in [0.2, 0.25) is 5.82 Å². The summed E-state index contributed by atoms with van der Waals surface area (Å²) in [6, 6.07) is 16.2. The van der Waals surface area contributed by atoms with Crippen molar-refractivity contribution in [3.05, 3.63) is 89.7 Å². The monoisotopic (exact) mass is 425 g/mol. The number of halogens is 2. The van der Waals surface area contributed by atoms with E-state index >= 15 is 0 Å². The molecule has 152 valence electrons. The molecular weight excluding hydrogens is 408 g/mol. The second-order valence-electron chi connectivity index (χ2n) is 6.60. The Hall–Kier alpha value is -3.26. The molecule has 8 heteroatoms. The summed E-state index contributed by atoms with van der Waals surface area (Å²) in [7, 11) is 0. The average Bonchev–Trinajstić information content (AvgIpc) is 3.39. The van der Waals surface area contributed by atoms with Gasteiger partial charge >= 0.3 is 0 Å². The maximum atomic E-state index is 14.0. The van der Waals surface area contributed by atoms with E-state index in [1.54, 1.807) is 25.3 Å². The number of hydrogen-bond donors (Lipinski definition) is 0. The summed E-state index contributed by atoms with van der Waals surface area (Å²) in [5.74, 6) is -0.983. The lowest BCUT2D eigenvalue weighted by molar-refractivity contribution is 0.0990. The van der Waals surface area contributed by atoms with Gasteiger partial charge in [-0.1, -0.05) is 42.1 Å². The van der Waals surface area contributed by atoms with Gasteiger partial charge in [0.15, 0.2) is 16.7 Å². The number of furan rings is 1. The zero-order valence-corrected chi connectivity index (χ0v) is 16.8. The van der Waals surface area contributed by atoms with Crippen LogP contribution in [0.25, 0.3) is 11.6 Å². The molecule has 0 aliphatic rings. The van der Waals surface area contributed by atoms with Crippen molar-refractivity contribution in [2.45, 2.75) is 23.9 Å². The minimum absolute atomic E-state index is 0.156. The van der Waals surface area contributed by atoms with E-state index in [1.165, 1.54) is 0 Å². The van der Waals surface area contributed by atoms with E-state index in [0.717, 1.165) is 29.5 Å². The Morgan fingerprint density at radius 2 is 1.90 bits per heavy atom. The second-order valence-corrected chi connectivity index (χ2v) is 7.91. The van der Waals surface area contributed by atoms with Crippen LogP contribution in [0.4, 0.5) is 8.78 Å². The van der Waals surface area contributed by atoms with Crippen LogP contribution in [0.15, 0.2) is 76.5 Å². The number of thioether (sulfide) groups is 1. The summed E-state index contributed by atoms with van der Waals surface area (Å²) >= 11 is 1.16. The highest BCUT2D eigenvalue weighted by atomic mass is 32.2. The van der Waals surface area contributed by atoms with Gasteiger partial charge in [0.05, 0.1) is 23.6 Å². The van der Waals surface area contributed by atoms with E-state index in [9.17, 15) is 13.6 Å². The molecule has 30 heavy (non-hydrogen) atoms. The average molecular weight is 425 g/mol. The number of Topliss-reactive ketones (excluding diaryl/α,β-unsaturated/α-hetero) is 1. The summed E-state index contributed by atoms with van der Waals surface area (Å²) in [5.41, 5.74) is 0.868. The Bertz CT molecular complexity index is 1160. The number of carbonyl (C=O) groups excluding carboxylic acids is 1. The maximum absolute atomic E-state index is 14.0. The SMILES string of the molecule is CC(Sc1nnc(-c2ccco2)n1Cc1ccccc1)C(=O)c1ccc(F)cc1F. The van der Waals surface area contributed by atoms with Crippen LogP contribution in [0.2, 0.25) is 0 Å². The first-order valence-corrected chi connectivity index (χ1v) is 10.1. The van der Waals surface area contributed by atoms with E-state index in [0.29, 0.717) is 29.4 Å². The highest BCUT2D eigenvalue weighted by Crippen LogP contribution is 2.30. The van der Waals surface area contributed by atoms with Crippen molar-refractivity contribution in [2.24, 2.45) is 0 Å². The van der Waals surface area contributed by atoms with Crippen molar-refractivity contribution in [1.82, 2.24) is 14.8 Å². The smallest absolute Gasteiger partial charge is 0.200 e. The van der Waals surface area contributed by atoms with Gasteiger partial charge in [-0.15, -0.1) is 10.2 Å². The fraction of sp³-hybridized carbons (Fsp3) is 0.136. The molecule has 5 nitrogen and oxygen atoms in total. The Kier molecular flexibility index (Phi) is 5.76. The standard InChI is InChI=1S/C22H17F2N3O2S/c1-14(20(28)17-10-9-16(23)12-18(17)24)30-22-26-25-21(19-8-5-11-29-19)27(22)13-15-6-3-2-4-7-15/h2-12,14H,13H2,1H3. The number of carbonyl (C=O) groups is 1. The van der Waals surface area contributed by atoms with Crippen molar-refractivity contribution in [1.29, 1.82) is 0 Å². The van der Waals surface area contributed by atoms with Crippen LogP contribution in [-0.4, -0.2) is 25.8 Å². The number of nitrogens with zero attached hydrogens (tertiary/aromatic N) is 3. The Morgan fingerprint density at radius 1 is 1.10 bits per heavy atom. The van der Waals surface area contributed by atoms with Gasteiger partial charge in [-0.25, -0.2) is 8.78 Å². The lowest BCUT2D eigenvalue weighted by atomic mass is 10.1.